The number of rotatable bonds is 7. The van der Waals surface area contributed by atoms with Crippen LogP contribution >= 0.6 is 0 Å². The van der Waals surface area contributed by atoms with Gasteiger partial charge in [-0.1, -0.05) is 0 Å². The Morgan fingerprint density at radius 2 is 1.95 bits per heavy atom. The van der Waals surface area contributed by atoms with E-state index in [1.54, 1.807) is 43.4 Å². The highest BCUT2D eigenvalue weighted by molar-refractivity contribution is 5.94. The third kappa shape index (κ3) is 4.34. The lowest BCUT2D eigenvalue weighted by atomic mass is 10.1. The molecule has 0 N–H and O–H groups in total. The largest absolute Gasteiger partial charge is 0.383 e. The molecule has 1 unspecified atom stereocenters. The summed E-state index contributed by atoms with van der Waals surface area (Å²) in [6, 6.07) is 8.61. The van der Waals surface area contributed by atoms with E-state index in [9.17, 15) is 4.79 Å². The van der Waals surface area contributed by atoms with Crippen molar-refractivity contribution in [2.75, 3.05) is 34.0 Å². The molecule has 0 aliphatic rings. The van der Waals surface area contributed by atoms with Crippen LogP contribution in [0.15, 0.2) is 24.3 Å². The summed E-state index contributed by atoms with van der Waals surface area (Å²) in [4.78, 5) is 14.2. The molecule has 0 heterocycles. The topological polar surface area (TPSA) is 62.6 Å². The maximum absolute atomic E-state index is 12.5. The highest BCUT2D eigenvalue weighted by Gasteiger charge is 2.21. The molecule has 1 rings (SSSR count). The van der Waals surface area contributed by atoms with Crippen LogP contribution in [0, 0.1) is 11.3 Å². The Kier molecular flexibility index (Phi) is 6.71. The third-order valence-electron chi connectivity index (χ3n) is 3.00. The Labute approximate surface area is 119 Å². The molecule has 1 aromatic carbocycles. The number of ether oxygens (including phenoxy) is 2. The first-order chi connectivity index (χ1) is 9.63. The van der Waals surface area contributed by atoms with E-state index in [1.807, 2.05) is 13.0 Å². The summed E-state index contributed by atoms with van der Waals surface area (Å²) in [5.74, 6) is -0.0870. The van der Waals surface area contributed by atoms with E-state index in [1.165, 1.54) is 0 Å². The number of hydrogen-bond acceptors (Lipinski definition) is 4. The molecule has 0 aliphatic heterocycles. The van der Waals surface area contributed by atoms with Gasteiger partial charge in [0.2, 0.25) is 0 Å². The molecule has 0 saturated carbocycles. The highest BCUT2D eigenvalue weighted by Crippen LogP contribution is 2.10. The van der Waals surface area contributed by atoms with E-state index >= 15 is 0 Å². The van der Waals surface area contributed by atoms with Crippen molar-refractivity contribution in [2.45, 2.75) is 13.0 Å². The second-order valence-electron chi connectivity index (χ2n) is 4.48. The summed E-state index contributed by atoms with van der Waals surface area (Å²) in [5, 5.41) is 8.77. The minimum Gasteiger partial charge on any atom is -0.383 e. The lowest BCUT2D eigenvalue weighted by Crippen LogP contribution is -2.43. The first-order valence-corrected chi connectivity index (χ1v) is 6.43. The molecule has 5 nitrogen and oxygen atoms in total. The molecular weight excluding hydrogens is 256 g/mol. The predicted octanol–water partition coefficient (Wildman–Crippen LogP) is 1.68. The van der Waals surface area contributed by atoms with E-state index in [4.69, 9.17) is 14.7 Å². The van der Waals surface area contributed by atoms with Crippen molar-refractivity contribution in [1.29, 1.82) is 5.26 Å². The van der Waals surface area contributed by atoms with Crippen molar-refractivity contribution in [2.24, 2.45) is 0 Å². The third-order valence-corrected chi connectivity index (χ3v) is 3.00. The Bertz CT molecular complexity index is 465. The molecule has 20 heavy (non-hydrogen) atoms. The fourth-order valence-electron chi connectivity index (χ4n) is 1.90. The number of carbonyl (C=O) groups is 1. The maximum atomic E-state index is 12.5. The second-order valence-corrected chi connectivity index (χ2v) is 4.48. The van der Waals surface area contributed by atoms with Gasteiger partial charge in [-0.2, -0.15) is 5.26 Å². The minimum atomic E-state index is -0.0870. The Morgan fingerprint density at radius 3 is 2.45 bits per heavy atom. The normalized spacial score (nSPS) is 11.7. The molecule has 1 amide bonds. The minimum absolute atomic E-state index is 0.0432. The zero-order valence-electron chi connectivity index (χ0n) is 12.1. The van der Waals surface area contributed by atoms with Gasteiger partial charge in [0.25, 0.3) is 5.91 Å². The van der Waals surface area contributed by atoms with Gasteiger partial charge in [-0.3, -0.25) is 4.79 Å². The van der Waals surface area contributed by atoms with E-state index in [0.29, 0.717) is 30.9 Å². The van der Waals surface area contributed by atoms with Crippen LogP contribution in [0.1, 0.15) is 22.8 Å². The van der Waals surface area contributed by atoms with Gasteiger partial charge in [0.15, 0.2) is 0 Å². The zero-order chi connectivity index (χ0) is 15.0. The first kappa shape index (κ1) is 16.2. The molecule has 0 spiro atoms. The molecule has 1 aromatic rings. The van der Waals surface area contributed by atoms with Gasteiger partial charge < -0.3 is 14.4 Å². The van der Waals surface area contributed by atoms with E-state index < -0.39 is 0 Å². The molecule has 0 saturated heterocycles. The quantitative estimate of drug-likeness (QED) is 0.760. The van der Waals surface area contributed by atoms with E-state index in [0.717, 1.165) is 0 Å². The summed E-state index contributed by atoms with van der Waals surface area (Å²) >= 11 is 0. The molecule has 5 heteroatoms. The lowest BCUT2D eigenvalue weighted by Gasteiger charge is -2.28. The number of nitrogens with zero attached hydrogens (tertiary/aromatic N) is 2. The number of hydrogen-bond donors (Lipinski definition) is 0. The number of carbonyl (C=O) groups excluding carboxylic acids is 1. The van der Waals surface area contributed by atoms with Crippen LogP contribution in [0.4, 0.5) is 0 Å². The standard InChI is InChI=1S/C15H20N2O3/c1-12(11-20-3)17(8-9-19-2)15(18)14-6-4-13(10-16)5-7-14/h4-7,12H,8-9,11H2,1-3H3. The fraction of sp³-hybridized carbons (Fsp3) is 0.467. The maximum Gasteiger partial charge on any atom is 0.254 e. The Balaban J connectivity index is 2.87. The van der Waals surface area contributed by atoms with Crippen LogP contribution in [0.2, 0.25) is 0 Å². The summed E-state index contributed by atoms with van der Waals surface area (Å²) in [6.45, 7) is 3.36. The van der Waals surface area contributed by atoms with Gasteiger partial charge in [-0.15, -0.1) is 0 Å². The van der Waals surface area contributed by atoms with Crippen LogP contribution in [0.25, 0.3) is 0 Å². The zero-order valence-corrected chi connectivity index (χ0v) is 12.1. The van der Waals surface area contributed by atoms with Crippen molar-refractivity contribution in [3.8, 4) is 6.07 Å². The molecule has 0 fully saturated rings. The fourth-order valence-corrected chi connectivity index (χ4v) is 1.90. The summed E-state index contributed by atoms with van der Waals surface area (Å²) in [7, 11) is 3.21. The Hall–Kier alpha value is -1.90. The predicted molar refractivity (Wildman–Crippen MR) is 75.4 cm³/mol. The smallest absolute Gasteiger partial charge is 0.254 e. The van der Waals surface area contributed by atoms with Gasteiger partial charge in [-0.25, -0.2) is 0 Å². The van der Waals surface area contributed by atoms with Crippen LogP contribution < -0.4 is 0 Å². The molecular formula is C15H20N2O3. The van der Waals surface area contributed by atoms with Gasteiger partial charge in [0.1, 0.15) is 0 Å². The van der Waals surface area contributed by atoms with Crippen LogP contribution in [-0.2, 0) is 9.47 Å². The van der Waals surface area contributed by atoms with Gasteiger partial charge in [-0.05, 0) is 31.2 Å². The summed E-state index contributed by atoms with van der Waals surface area (Å²) < 4.78 is 10.2. The van der Waals surface area contributed by atoms with E-state index in [2.05, 4.69) is 0 Å². The van der Waals surface area contributed by atoms with Crippen molar-refractivity contribution in [3.05, 3.63) is 35.4 Å². The van der Waals surface area contributed by atoms with E-state index in [-0.39, 0.29) is 11.9 Å². The average molecular weight is 276 g/mol. The Morgan fingerprint density at radius 1 is 1.30 bits per heavy atom. The number of benzene rings is 1. The van der Waals surface area contributed by atoms with Crippen molar-refractivity contribution in [1.82, 2.24) is 4.90 Å². The van der Waals surface area contributed by atoms with Gasteiger partial charge in [0, 0.05) is 26.3 Å². The highest BCUT2D eigenvalue weighted by atomic mass is 16.5. The lowest BCUT2D eigenvalue weighted by molar-refractivity contribution is 0.0479. The number of methoxy groups -OCH3 is 2. The molecule has 108 valence electrons. The second kappa shape index (κ2) is 8.31. The summed E-state index contributed by atoms with van der Waals surface area (Å²) in [5.41, 5.74) is 1.10. The molecule has 0 aromatic heterocycles. The first-order valence-electron chi connectivity index (χ1n) is 6.43. The van der Waals surface area contributed by atoms with Crippen LogP contribution in [-0.4, -0.2) is 50.8 Å². The molecule has 0 radical (unpaired) electrons. The van der Waals surface area contributed by atoms with Gasteiger partial charge >= 0.3 is 0 Å². The monoisotopic (exact) mass is 276 g/mol. The number of amides is 1. The van der Waals surface area contributed by atoms with Crippen molar-refractivity contribution < 1.29 is 14.3 Å². The van der Waals surface area contributed by atoms with Gasteiger partial charge in [0.05, 0.1) is 30.9 Å². The molecule has 1 atom stereocenters. The van der Waals surface area contributed by atoms with Crippen molar-refractivity contribution in [3.63, 3.8) is 0 Å². The van der Waals surface area contributed by atoms with Crippen LogP contribution in [0.3, 0.4) is 0 Å². The van der Waals surface area contributed by atoms with Crippen molar-refractivity contribution >= 4 is 5.91 Å². The van der Waals surface area contributed by atoms with Crippen LogP contribution in [0.5, 0.6) is 0 Å². The molecule has 0 bridgehead atoms. The average Bonchev–Trinajstić information content (AvgIpc) is 2.48. The number of nitriles is 1. The SMILES string of the molecule is COCCN(C(=O)c1ccc(C#N)cc1)C(C)COC. The summed E-state index contributed by atoms with van der Waals surface area (Å²) in [6.07, 6.45) is 0. The molecule has 0 aliphatic carbocycles.